The van der Waals surface area contributed by atoms with Crippen molar-refractivity contribution in [3.05, 3.63) is 40.7 Å². The highest BCUT2D eigenvalue weighted by molar-refractivity contribution is 5.79. The van der Waals surface area contributed by atoms with Crippen molar-refractivity contribution in [2.45, 2.75) is 51.0 Å². The Morgan fingerprint density at radius 2 is 1.96 bits per heavy atom. The standard InChI is InChI=1S/C20H26N2O3/c1-22(16-6-3-2-4-7-16)20(24)8-5-13-25-17-11-9-15-10-12-19(23)21-18(15)14-17/h9-12,14,16H,2-8,13H2,1H3,(H,21,23). The molecular weight excluding hydrogens is 316 g/mol. The van der Waals surface area contributed by atoms with Gasteiger partial charge in [-0.1, -0.05) is 19.3 Å². The maximum atomic E-state index is 12.3. The average Bonchev–Trinajstić information content (AvgIpc) is 2.64. The summed E-state index contributed by atoms with van der Waals surface area (Å²) in [6.07, 6.45) is 7.23. The van der Waals surface area contributed by atoms with E-state index < -0.39 is 0 Å². The number of fused-ring (bicyclic) bond motifs is 1. The smallest absolute Gasteiger partial charge is 0.248 e. The van der Waals surface area contributed by atoms with Gasteiger partial charge >= 0.3 is 0 Å². The second-order valence-corrected chi connectivity index (χ2v) is 6.82. The van der Waals surface area contributed by atoms with Gasteiger partial charge in [0.1, 0.15) is 5.75 Å². The maximum Gasteiger partial charge on any atom is 0.248 e. The van der Waals surface area contributed by atoms with Crippen LogP contribution >= 0.6 is 0 Å². The molecule has 2 aromatic rings. The van der Waals surface area contributed by atoms with Crippen LogP contribution in [-0.4, -0.2) is 35.5 Å². The van der Waals surface area contributed by atoms with Crippen molar-refractivity contribution < 1.29 is 9.53 Å². The molecule has 5 heteroatoms. The summed E-state index contributed by atoms with van der Waals surface area (Å²) in [4.78, 5) is 28.4. The molecule has 0 unspecified atom stereocenters. The van der Waals surface area contributed by atoms with Gasteiger partial charge in [-0.25, -0.2) is 0 Å². The molecule has 1 saturated carbocycles. The summed E-state index contributed by atoms with van der Waals surface area (Å²) in [5, 5.41) is 0.969. The minimum Gasteiger partial charge on any atom is -0.494 e. The van der Waals surface area contributed by atoms with E-state index in [1.165, 1.54) is 25.3 Å². The van der Waals surface area contributed by atoms with E-state index in [1.54, 1.807) is 6.07 Å². The molecule has 25 heavy (non-hydrogen) atoms. The van der Waals surface area contributed by atoms with Crippen molar-refractivity contribution >= 4 is 16.8 Å². The molecule has 0 saturated heterocycles. The number of aromatic amines is 1. The van der Waals surface area contributed by atoms with E-state index in [2.05, 4.69) is 4.98 Å². The first-order chi connectivity index (χ1) is 12.1. The predicted molar refractivity (Wildman–Crippen MR) is 98.9 cm³/mol. The first-order valence-corrected chi connectivity index (χ1v) is 9.15. The van der Waals surface area contributed by atoms with Crippen molar-refractivity contribution in [1.29, 1.82) is 0 Å². The fraction of sp³-hybridized carbons (Fsp3) is 0.500. The van der Waals surface area contributed by atoms with Crippen molar-refractivity contribution in [3.8, 4) is 5.75 Å². The third-order valence-electron chi connectivity index (χ3n) is 5.02. The largest absolute Gasteiger partial charge is 0.494 e. The molecule has 134 valence electrons. The van der Waals surface area contributed by atoms with Crippen LogP contribution in [0.25, 0.3) is 10.9 Å². The topological polar surface area (TPSA) is 62.4 Å². The number of carbonyl (C=O) groups is 1. The Bertz CT molecular complexity index is 778. The Hall–Kier alpha value is -2.30. The number of amides is 1. The summed E-state index contributed by atoms with van der Waals surface area (Å²) in [5.41, 5.74) is 0.638. The number of ether oxygens (including phenoxy) is 1. The van der Waals surface area contributed by atoms with Crippen molar-refractivity contribution in [3.63, 3.8) is 0 Å². The molecule has 1 N–H and O–H groups in total. The molecule has 0 aliphatic heterocycles. The van der Waals surface area contributed by atoms with Crippen LogP contribution in [0.5, 0.6) is 5.75 Å². The fourth-order valence-electron chi connectivity index (χ4n) is 3.48. The number of hydrogen-bond acceptors (Lipinski definition) is 3. The third-order valence-corrected chi connectivity index (χ3v) is 5.02. The molecule has 1 aliphatic rings. The average molecular weight is 342 g/mol. The molecule has 0 spiro atoms. The van der Waals surface area contributed by atoms with Crippen molar-refractivity contribution in [1.82, 2.24) is 9.88 Å². The van der Waals surface area contributed by atoms with Crippen molar-refractivity contribution in [2.75, 3.05) is 13.7 Å². The first kappa shape index (κ1) is 17.5. The second-order valence-electron chi connectivity index (χ2n) is 6.82. The fourth-order valence-corrected chi connectivity index (χ4v) is 3.48. The Labute approximate surface area is 148 Å². The molecule has 0 radical (unpaired) electrons. The van der Waals surface area contributed by atoms with Crippen LogP contribution in [0, 0.1) is 0 Å². The summed E-state index contributed by atoms with van der Waals surface area (Å²) in [5.74, 6) is 0.917. The van der Waals surface area contributed by atoms with Crippen LogP contribution in [0.3, 0.4) is 0 Å². The number of hydrogen-bond donors (Lipinski definition) is 1. The first-order valence-electron chi connectivity index (χ1n) is 9.15. The van der Waals surface area contributed by atoms with Gasteiger partial charge < -0.3 is 14.6 Å². The zero-order chi connectivity index (χ0) is 17.6. The highest BCUT2D eigenvalue weighted by Crippen LogP contribution is 2.22. The summed E-state index contributed by atoms with van der Waals surface area (Å²) in [6.45, 7) is 0.493. The molecule has 5 nitrogen and oxygen atoms in total. The number of aromatic nitrogens is 1. The van der Waals surface area contributed by atoms with Gasteiger partial charge in [-0.3, -0.25) is 9.59 Å². The van der Waals surface area contributed by atoms with Crippen LogP contribution in [0.2, 0.25) is 0 Å². The van der Waals surface area contributed by atoms with Crippen LogP contribution in [-0.2, 0) is 4.79 Å². The summed E-state index contributed by atoms with van der Waals surface area (Å²) < 4.78 is 5.74. The van der Waals surface area contributed by atoms with Crippen LogP contribution in [0.15, 0.2) is 35.1 Å². The summed E-state index contributed by atoms with van der Waals surface area (Å²) >= 11 is 0. The maximum absolute atomic E-state index is 12.3. The van der Waals surface area contributed by atoms with E-state index >= 15 is 0 Å². The molecule has 1 amide bonds. The van der Waals surface area contributed by atoms with Gasteiger partial charge in [0.05, 0.1) is 12.1 Å². The summed E-state index contributed by atoms with van der Waals surface area (Å²) in [7, 11) is 1.93. The molecule has 0 bridgehead atoms. The number of rotatable bonds is 6. The summed E-state index contributed by atoms with van der Waals surface area (Å²) in [6, 6.07) is 9.35. The number of H-pyrrole nitrogens is 1. The van der Waals surface area contributed by atoms with Gasteiger partial charge in [-0.15, -0.1) is 0 Å². The number of nitrogens with zero attached hydrogens (tertiary/aromatic N) is 1. The molecule has 1 aromatic heterocycles. The third kappa shape index (κ3) is 4.62. The molecule has 1 fully saturated rings. The lowest BCUT2D eigenvalue weighted by molar-refractivity contribution is -0.132. The van der Waals surface area contributed by atoms with Gasteiger partial charge in [0, 0.05) is 31.6 Å². The second kappa shape index (κ2) is 8.19. The highest BCUT2D eigenvalue weighted by Gasteiger charge is 2.21. The molecule has 3 rings (SSSR count). The highest BCUT2D eigenvalue weighted by atomic mass is 16.5. The van der Waals surface area contributed by atoms with Gasteiger partial charge in [-0.2, -0.15) is 0 Å². The lowest BCUT2D eigenvalue weighted by Gasteiger charge is -2.31. The zero-order valence-corrected chi connectivity index (χ0v) is 14.8. The van der Waals surface area contributed by atoms with E-state index in [4.69, 9.17) is 4.74 Å². The number of carbonyl (C=O) groups excluding carboxylic acids is 1. The molecular formula is C20H26N2O3. The SMILES string of the molecule is CN(C(=O)CCCOc1ccc2ccc(=O)[nH]c2c1)C1CCCCC1. The Balaban J connectivity index is 1.46. The van der Waals surface area contributed by atoms with E-state index in [1.807, 2.05) is 30.1 Å². The quantitative estimate of drug-likeness (QED) is 0.818. The lowest BCUT2D eigenvalue weighted by atomic mass is 9.94. The van der Waals surface area contributed by atoms with E-state index in [-0.39, 0.29) is 11.5 Å². The minimum absolute atomic E-state index is 0.124. The van der Waals surface area contributed by atoms with Gasteiger partial charge in [-0.05, 0) is 42.8 Å². The van der Waals surface area contributed by atoms with Gasteiger partial charge in [0.15, 0.2) is 0 Å². The molecule has 1 aromatic carbocycles. The molecule has 0 atom stereocenters. The monoisotopic (exact) mass is 342 g/mol. The minimum atomic E-state index is -0.124. The number of benzene rings is 1. The Morgan fingerprint density at radius 3 is 2.76 bits per heavy atom. The number of pyridine rings is 1. The van der Waals surface area contributed by atoms with E-state index in [0.717, 1.165) is 23.7 Å². The lowest BCUT2D eigenvalue weighted by Crippen LogP contribution is -2.38. The van der Waals surface area contributed by atoms with Gasteiger partial charge in [0.25, 0.3) is 0 Å². The van der Waals surface area contributed by atoms with Gasteiger partial charge in [0.2, 0.25) is 11.5 Å². The Morgan fingerprint density at radius 1 is 1.20 bits per heavy atom. The number of nitrogens with one attached hydrogen (secondary N) is 1. The normalized spacial score (nSPS) is 15.2. The van der Waals surface area contributed by atoms with Crippen LogP contribution in [0.4, 0.5) is 0 Å². The Kier molecular flexibility index (Phi) is 5.74. The zero-order valence-electron chi connectivity index (χ0n) is 14.8. The van der Waals surface area contributed by atoms with E-state index in [0.29, 0.717) is 31.2 Å². The predicted octanol–water partition coefficient (Wildman–Crippen LogP) is 3.48. The van der Waals surface area contributed by atoms with Crippen LogP contribution in [0.1, 0.15) is 44.9 Å². The van der Waals surface area contributed by atoms with E-state index in [9.17, 15) is 9.59 Å². The molecule has 1 aliphatic carbocycles. The molecule has 1 heterocycles. The van der Waals surface area contributed by atoms with Crippen molar-refractivity contribution in [2.24, 2.45) is 0 Å². The van der Waals surface area contributed by atoms with Crippen LogP contribution < -0.4 is 10.3 Å².